The van der Waals surface area contributed by atoms with Crippen LogP contribution in [0.15, 0.2) is 18.2 Å². The molecule has 6 heteroatoms. The first-order valence-corrected chi connectivity index (χ1v) is 5.44. The second kappa shape index (κ2) is 7.46. The highest BCUT2D eigenvalue weighted by Gasteiger charge is 2.11. The Morgan fingerprint density at radius 2 is 1.62 bits per heavy atom. The summed E-state index contributed by atoms with van der Waals surface area (Å²) in [5.74, 6) is 0. The molecule has 0 radical (unpaired) electrons. The van der Waals surface area contributed by atoms with Gasteiger partial charge in [0.15, 0.2) is 0 Å². The number of piperazine rings is 1. The Morgan fingerprint density at radius 3 is 2.19 bits per heavy atom. The van der Waals surface area contributed by atoms with Gasteiger partial charge in [-0.2, -0.15) is 0 Å². The molecule has 16 heavy (non-hydrogen) atoms. The lowest BCUT2D eigenvalue weighted by Gasteiger charge is -2.29. The predicted molar refractivity (Wildman–Crippen MR) is 76.0 cm³/mol. The summed E-state index contributed by atoms with van der Waals surface area (Å²) in [6.07, 6.45) is 0. The fourth-order valence-electron chi connectivity index (χ4n) is 1.60. The van der Waals surface area contributed by atoms with Crippen LogP contribution in [0.4, 0.5) is 5.69 Å². The lowest BCUT2D eigenvalue weighted by molar-refractivity contribution is 0.589. The summed E-state index contributed by atoms with van der Waals surface area (Å²) in [7, 11) is 0. The van der Waals surface area contributed by atoms with Crippen LogP contribution in [-0.2, 0) is 0 Å². The first-order chi connectivity index (χ1) is 6.77. The van der Waals surface area contributed by atoms with Gasteiger partial charge in [0.2, 0.25) is 0 Å². The third kappa shape index (κ3) is 3.86. The molecule has 0 saturated carbocycles. The lowest BCUT2D eigenvalue weighted by Crippen LogP contribution is -2.43. The van der Waals surface area contributed by atoms with E-state index in [4.69, 9.17) is 23.2 Å². The molecule has 1 aliphatic heterocycles. The number of nitrogens with zero attached hydrogens (tertiary/aromatic N) is 1. The van der Waals surface area contributed by atoms with Crippen molar-refractivity contribution in [1.82, 2.24) is 5.32 Å². The van der Waals surface area contributed by atoms with Gasteiger partial charge in [0.25, 0.3) is 0 Å². The van der Waals surface area contributed by atoms with E-state index < -0.39 is 0 Å². The molecule has 0 aromatic heterocycles. The molecule has 1 N–H and O–H groups in total. The molecule has 2 rings (SSSR count). The van der Waals surface area contributed by atoms with Crippen molar-refractivity contribution in [1.29, 1.82) is 0 Å². The molecule has 0 atom stereocenters. The molecule has 1 aliphatic rings. The van der Waals surface area contributed by atoms with E-state index in [0.29, 0.717) is 10.0 Å². The van der Waals surface area contributed by atoms with Gasteiger partial charge in [0.05, 0.1) is 10.0 Å². The van der Waals surface area contributed by atoms with Crippen LogP contribution in [-0.4, -0.2) is 26.2 Å². The van der Waals surface area contributed by atoms with E-state index >= 15 is 0 Å². The third-order valence-electron chi connectivity index (χ3n) is 2.39. The van der Waals surface area contributed by atoms with E-state index in [1.807, 2.05) is 18.2 Å². The second-order valence-electron chi connectivity index (χ2n) is 3.34. The van der Waals surface area contributed by atoms with E-state index in [1.54, 1.807) is 0 Å². The van der Waals surface area contributed by atoms with Crippen molar-refractivity contribution in [3.63, 3.8) is 0 Å². The Kier molecular flexibility index (Phi) is 7.53. The number of hydrogen-bond donors (Lipinski definition) is 1. The van der Waals surface area contributed by atoms with Crippen LogP contribution in [0.25, 0.3) is 0 Å². The van der Waals surface area contributed by atoms with Crippen LogP contribution in [0.1, 0.15) is 0 Å². The number of anilines is 1. The van der Waals surface area contributed by atoms with Gasteiger partial charge in [0, 0.05) is 31.9 Å². The minimum Gasteiger partial charge on any atom is -0.369 e. The molecule has 0 bridgehead atoms. The fraction of sp³-hybridized carbons (Fsp3) is 0.400. The van der Waals surface area contributed by atoms with Gasteiger partial charge in [-0.3, -0.25) is 0 Å². The fourth-order valence-corrected chi connectivity index (χ4v) is 1.90. The quantitative estimate of drug-likeness (QED) is 0.857. The summed E-state index contributed by atoms with van der Waals surface area (Å²) in [5.41, 5.74) is 1.15. The highest BCUT2D eigenvalue weighted by molar-refractivity contribution is 6.42. The molecular formula is C10H14Cl4N2. The molecule has 1 aromatic carbocycles. The predicted octanol–water partition coefficient (Wildman–Crippen LogP) is 3.25. The molecule has 0 amide bonds. The number of benzene rings is 1. The van der Waals surface area contributed by atoms with Gasteiger partial charge in [-0.05, 0) is 18.2 Å². The minimum absolute atomic E-state index is 0. The van der Waals surface area contributed by atoms with Crippen molar-refractivity contribution in [3.8, 4) is 0 Å². The molecule has 0 spiro atoms. The number of rotatable bonds is 1. The van der Waals surface area contributed by atoms with Crippen LogP contribution in [0.3, 0.4) is 0 Å². The molecule has 92 valence electrons. The highest BCUT2D eigenvalue weighted by Crippen LogP contribution is 2.27. The van der Waals surface area contributed by atoms with Crippen LogP contribution >= 0.6 is 48.0 Å². The normalized spacial score (nSPS) is 15.0. The smallest absolute Gasteiger partial charge is 0.0612 e. The van der Waals surface area contributed by atoms with E-state index in [1.165, 1.54) is 0 Å². The summed E-state index contributed by atoms with van der Waals surface area (Å²) < 4.78 is 0. The topological polar surface area (TPSA) is 15.3 Å². The molecule has 1 aromatic rings. The Bertz CT molecular complexity index is 327. The van der Waals surface area contributed by atoms with Crippen LogP contribution < -0.4 is 10.2 Å². The van der Waals surface area contributed by atoms with Crippen LogP contribution in [0.2, 0.25) is 10.0 Å². The first-order valence-electron chi connectivity index (χ1n) is 4.68. The Morgan fingerprint density at radius 1 is 1.00 bits per heavy atom. The maximum absolute atomic E-state index is 5.96. The maximum Gasteiger partial charge on any atom is 0.0612 e. The third-order valence-corrected chi connectivity index (χ3v) is 3.12. The zero-order chi connectivity index (χ0) is 9.97. The van der Waals surface area contributed by atoms with E-state index in [2.05, 4.69) is 10.2 Å². The van der Waals surface area contributed by atoms with Gasteiger partial charge in [0.1, 0.15) is 0 Å². The summed E-state index contributed by atoms with van der Waals surface area (Å²) in [6.45, 7) is 4.11. The van der Waals surface area contributed by atoms with Crippen molar-refractivity contribution >= 4 is 53.7 Å². The minimum atomic E-state index is 0. The van der Waals surface area contributed by atoms with Crippen molar-refractivity contribution in [2.45, 2.75) is 0 Å². The number of halogens is 4. The zero-order valence-corrected chi connectivity index (χ0v) is 11.7. The standard InChI is InChI=1S/C10H12Cl2N2.2ClH/c11-9-2-1-8(7-10(9)12)14-5-3-13-4-6-14;;/h1-2,7,13H,3-6H2;2*1H. The zero-order valence-electron chi connectivity index (χ0n) is 8.58. The van der Waals surface area contributed by atoms with Gasteiger partial charge in [-0.1, -0.05) is 23.2 Å². The van der Waals surface area contributed by atoms with Gasteiger partial charge >= 0.3 is 0 Å². The summed E-state index contributed by atoms with van der Waals surface area (Å²) in [6, 6.07) is 5.79. The van der Waals surface area contributed by atoms with Crippen LogP contribution in [0, 0.1) is 0 Å². The second-order valence-corrected chi connectivity index (χ2v) is 4.15. The molecule has 1 fully saturated rings. The van der Waals surface area contributed by atoms with Crippen LogP contribution in [0.5, 0.6) is 0 Å². The average molecular weight is 304 g/mol. The molecule has 0 unspecified atom stereocenters. The largest absolute Gasteiger partial charge is 0.369 e. The highest BCUT2D eigenvalue weighted by atomic mass is 35.5. The Hall–Kier alpha value is 0.140. The summed E-state index contributed by atoms with van der Waals surface area (Å²) in [5, 5.41) is 4.55. The SMILES string of the molecule is Cl.Cl.Clc1ccc(N2CCNCC2)cc1Cl. The summed E-state index contributed by atoms with van der Waals surface area (Å²) >= 11 is 11.8. The average Bonchev–Trinajstić information content (AvgIpc) is 2.23. The van der Waals surface area contributed by atoms with E-state index in [9.17, 15) is 0 Å². The lowest BCUT2D eigenvalue weighted by atomic mass is 10.2. The van der Waals surface area contributed by atoms with E-state index in [-0.39, 0.29) is 24.8 Å². The van der Waals surface area contributed by atoms with Crippen molar-refractivity contribution in [3.05, 3.63) is 28.2 Å². The molecule has 1 saturated heterocycles. The summed E-state index contributed by atoms with van der Waals surface area (Å²) in [4.78, 5) is 2.30. The number of nitrogens with one attached hydrogen (secondary N) is 1. The van der Waals surface area contributed by atoms with Gasteiger partial charge in [-0.25, -0.2) is 0 Å². The van der Waals surface area contributed by atoms with Crippen molar-refractivity contribution < 1.29 is 0 Å². The monoisotopic (exact) mass is 302 g/mol. The van der Waals surface area contributed by atoms with Gasteiger partial charge < -0.3 is 10.2 Å². The molecule has 2 nitrogen and oxygen atoms in total. The van der Waals surface area contributed by atoms with Crippen molar-refractivity contribution in [2.24, 2.45) is 0 Å². The van der Waals surface area contributed by atoms with E-state index in [0.717, 1.165) is 31.9 Å². The Labute approximate surface area is 118 Å². The molecule has 1 heterocycles. The molecular weight excluding hydrogens is 290 g/mol. The maximum atomic E-state index is 5.96. The first kappa shape index (κ1) is 16.1. The Balaban J connectivity index is 0.00000112. The number of hydrogen-bond acceptors (Lipinski definition) is 2. The molecule has 0 aliphatic carbocycles. The van der Waals surface area contributed by atoms with Gasteiger partial charge in [-0.15, -0.1) is 24.8 Å². The van der Waals surface area contributed by atoms with Crippen molar-refractivity contribution in [2.75, 3.05) is 31.1 Å².